The molecule has 1 heterocycles. The lowest BCUT2D eigenvalue weighted by Crippen LogP contribution is -2.45. The maximum absolute atomic E-state index is 13.7. The van der Waals surface area contributed by atoms with Crippen molar-refractivity contribution < 1.29 is 8.78 Å². The highest BCUT2D eigenvalue weighted by molar-refractivity contribution is 5.79. The van der Waals surface area contributed by atoms with Crippen LogP contribution in [-0.4, -0.2) is 55.5 Å². The highest BCUT2D eigenvalue weighted by Crippen LogP contribution is 2.17. The SMILES string of the molecule is CCN1CCCC1CN(C)C(=NC)NCc1cc(F)ccc1F. The van der Waals surface area contributed by atoms with E-state index in [-0.39, 0.29) is 6.54 Å². The summed E-state index contributed by atoms with van der Waals surface area (Å²) in [7, 11) is 3.68. The normalized spacial score (nSPS) is 19.2. The molecule has 1 aliphatic rings. The predicted molar refractivity (Wildman–Crippen MR) is 89.5 cm³/mol. The van der Waals surface area contributed by atoms with Crippen LogP contribution in [0, 0.1) is 11.6 Å². The molecule has 0 saturated carbocycles. The van der Waals surface area contributed by atoms with Gasteiger partial charge in [-0.15, -0.1) is 0 Å². The van der Waals surface area contributed by atoms with Crippen LogP contribution in [0.3, 0.4) is 0 Å². The Bertz CT molecular complexity index is 547. The molecule has 0 radical (unpaired) electrons. The van der Waals surface area contributed by atoms with Crippen molar-refractivity contribution in [3.63, 3.8) is 0 Å². The van der Waals surface area contributed by atoms with Crippen LogP contribution in [0.2, 0.25) is 0 Å². The van der Waals surface area contributed by atoms with Crippen LogP contribution in [0.25, 0.3) is 0 Å². The van der Waals surface area contributed by atoms with Crippen molar-refractivity contribution in [2.45, 2.75) is 32.4 Å². The quantitative estimate of drug-likeness (QED) is 0.667. The number of hydrogen-bond acceptors (Lipinski definition) is 2. The average molecular weight is 324 g/mol. The number of hydrogen-bond donors (Lipinski definition) is 1. The van der Waals surface area contributed by atoms with Gasteiger partial charge in [0.15, 0.2) is 5.96 Å². The molecule has 128 valence electrons. The summed E-state index contributed by atoms with van der Waals surface area (Å²) in [5.74, 6) is -0.155. The molecule has 1 aromatic rings. The molecule has 1 atom stereocenters. The largest absolute Gasteiger partial charge is 0.352 e. The van der Waals surface area contributed by atoms with Crippen molar-refractivity contribution in [3.8, 4) is 0 Å². The zero-order valence-corrected chi connectivity index (χ0v) is 14.1. The smallest absolute Gasteiger partial charge is 0.193 e. The third-order valence-corrected chi connectivity index (χ3v) is 4.41. The van der Waals surface area contributed by atoms with E-state index in [4.69, 9.17) is 0 Å². The number of nitrogens with zero attached hydrogens (tertiary/aromatic N) is 3. The molecule has 0 spiro atoms. The standard InChI is InChI=1S/C17H26F2N4/c1-4-23-9-5-6-15(23)12-22(3)17(20-2)21-11-13-10-14(18)7-8-16(13)19/h7-8,10,15H,4-6,9,11-12H2,1-3H3,(H,20,21). The van der Waals surface area contributed by atoms with E-state index in [0.717, 1.165) is 31.8 Å². The van der Waals surface area contributed by atoms with E-state index in [2.05, 4.69) is 27.0 Å². The van der Waals surface area contributed by atoms with Crippen LogP contribution in [0.15, 0.2) is 23.2 Å². The predicted octanol–water partition coefficient (Wildman–Crippen LogP) is 2.46. The molecular weight excluding hydrogens is 298 g/mol. The monoisotopic (exact) mass is 324 g/mol. The maximum Gasteiger partial charge on any atom is 0.193 e. The molecule has 1 unspecified atom stereocenters. The van der Waals surface area contributed by atoms with Gasteiger partial charge in [0.1, 0.15) is 11.6 Å². The Kier molecular flexibility index (Phi) is 6.33. The minimum Gasteiger partial charge on any atom is -0.352 e. The number of likely N-dealkylation sites (N-methyl/N-ethyl adjacent to an activating group) is 2. The van der Waals surface area contributed by atoms with Crippen LogP contribution in [0.5, 0.6) is 0 Å². The Morgan fingerprint density at radius 3 is 2.91 bits per heavy atom. The fourth-order valence-corrected chi connectivity index (χ4v) is 3.16. The lowest BCUT2D eigenvalue weighted by Gasteiger charge is -2.29. The van der Waals surface area contributed by atoms with Gasteiger partial charge in [-0.2, -0.15) is 0 Å². The van der Waals surface area contributed by atoms with Crippen molar-refractivity contribution in [2.75, 3.05) is 33.7 Å². The van der Waals surface area contributed by atoms with Gasteiger partial charge < -0.3 is 10.2 Å². The molecular formula is C17H26F2N4. The minimum atomic E-state index is -0.434. The lowest BCUT2D eigenvalue weighted by molar-refractivity contribution is 0.232. The average Bonchev–Trinajstić information content (AvgIpc) is 2.98. The number of nitrogens with one attached hydrogen (secondary N) is 1. The van der Waals surface area contributed by atoms with E-state index in [9.17, 15) is 8.78 Å². The van der Waals surface area contributed by atoms with E-state index in [1.807, 2.05) is 7.05 Å². The summed E-state index contributed by atoms with van der Waals surface area (Å²) >= 11 is 0. The van der Waals surface area contributed by atoms with Gasteiger partial charge in [0.25, 0.3) is 0 Å². The van der Waals surface area contributed by atoms with Crippen LogP contribution in [0.1, 0.15) is 25.3 Å². The first-order valence-electron chi connectivity index (χ1n) is 8.15. The van der Waals surface area contributed by atoms with Gasteiger partial charge in [-0.1, -0.05) is 6.92 Å². The highest BCUT2D eigenvalue weighted by Gasteiger charge is 2.24. The van der Waals surface area contributed by atoms with Gasteiger partial charge in [0.2, 0.25) is 0 Å². The molecule has 1 fully saturated rings. The van der Waals surface area contributed by atoms with Gasteiger partial charge in [0, 0.05) is 38.8 Å². The molecule has 0 aromatic heterocycles. The van der Waals surface area contributed by atoms with E-state index < -0.39 is 11.6 Å². The highest BCUT2D eigenvalue weighted by atomic mass is 19.1. The molecule has 6 heteroatoms. The Morgan fingerprint density at radius 1 is 1.43 bits per heavy atom. The summed E-state index contributed by atoms with van der Waals surface area (Å²) in [6.07, 6.45) is 2.42. The summed E-state index contributed by atoms with van der Waals surface area (Å²) in [6, 6.07) is 4.01. The fourth-order valence-electron chi connectivity index (χ4n) is 3.16. The van der Waals surface area contributed by atoms with Gasteiger partial charge in [-0.3, -0.25) is 9.89 Å². The van der Waals surface area contributed by atoms with Crippen molar-refractivity contribution in [1.29, 1.82) is 0 Å². The number of aliphatic imine (C=N–C) groups is 1. The summed E-state index contributed by atoms with van der Waals surface area (Å²) < 4.78 is 26.9. The van der Waals surface area contributed by atoms with E-state index in [1.54, 1.807) is 7.05 Å². The van der Waals surface area contributed by atoms with Crippen LogP contribution >= 0.6 is 0 Å². The molecule has 1 saturated heterocycles. The maximum atomic E-state index is 13.7. The van der Waals surface area contributed by atoms with Crippen LogP contribution < -0.4 is 5.32 Å². The first kappa shape index (κ1) is 17.7. The molecule has 23 heavy (non-hydrogen) atoms. The second-order valence-electron chi connectivity index (χ2n) is 5.94. The molecule has 1 aromatic carbocycles. The molecule has 4 nitrogen and oxygen atoms in total. The zero-order chi connectivity index (χ0) is 16.8. The summed E-state index contributed by atoms with van der Waals surface area (Å²) in [5, 5.41) is 3.11. The Labute approximate surface area is 137 Å². The molecule has 0 aliphatic carbocycles. The number of likely N-dealkylation sites (tertiary alicyclic amines) is 1. The molecule has 1 aliphatic heterocycles. The summed E-state index contributed by atoms with van der Waals surface area (Å²) in [6.45, 7) is 5.47. The fraction of sp³-hybridized carbons (Fsp3) is 0.588. The lowest BCUT2D eigenvalue weighted by atomic mass is 10.2. The summed E-state index contributed by atoms with van der Waals surface area (Å²) in [4.78, 5) is 8.76. The molecule has 0 amide bonds. The van der Waals surface area contributed by atoms with Crippen molar-refractivity contribution >= 4 is 5.96 Å². The Morgan fingerprint density at radius 2 is 2.22 bits per heavy atom. The topological polar surface area (TPSA) is 30.9 Å². The number of guanidine groups is 1. The number of benzene rings is 1. The molecule has 2 rings (SSSR count). The summed E-state index contributed by atoms with van der Waals surface area (Å²) in [5.41, 5.74) is 0.301. The van der Waals surface area contributed by atoms with Crippen LogP contribution in [-0.2, 0) is 6.54 Å². The zero-order valence-electron chi connectivity index (χ0n) is 14.1. The third kappa shape index (κ3) is 4.64. The second kappa shape index (κ2) is 8.24. The first-order chi connectivity index (χ1) is 11.0. The van der Waals surface area contributed by atoms with Crippen LogP contribution in [0.4, 0.5) is 8.78 Å². The van der Waals surface area contributed by atoms with Gasteiger partial charge in [0.05, 0.1) is 0 Å². The molecule has 0 bridgehead atoms. The van der Waals surface area contributed by atoms with Gasteiger partial charge >= 0.3 is 0 Å². The Hall–Kier alpha value is -1.69. The number of rotatable bonds is 5. The van der Waals surface area contributed by atoms with E-state index >= 15 is 0 Å². The number of halogens is 2. The van der Waals surface area contributed by atoms with E-state index in [1.165, 1.54) is 18.9 Å². The molecule has 1 N–H and O–H groups in total. The minimum absolute atomic E-state index is 0.211. The van der Waals surface area contributed by atoms with Gasteiger partial charge in [-0.05, 0) is 44.1 Å². The van der Waals surface area contributed by atoms with Crippen molar-refractivity contribution in [3.05, 3.63) is 35.4 Å². The van der Waals surface area contributed by atoms with Gasteiger partial charge in [-0.25, -0.2) is 8.78 Å². The first-order valence-corrected chi connectivity index (χ1v) is 8.15. The third-order valence-electron chi connectivity index (χ3n) is 4.41. The Balaban J connectivity index is 1.93. The van der Waals surface area contributed by atoms with Crippen molar-refractivity contribution in [2.24, 2.45) is 4.99 Å². The van der Waals surface area contributed by atoms with E-state index in [0.29, 0.717) is 17.6 Å². The second-order valence-corrected chi connectivity index (χ2v) is 5.94. The van der Waals surface area contributed by atoms with Crippen molar-refractivity contribution in [1.82, 2.24) is 15.1 Å².